The zero-order valence-corrected chi connectivity index (χ0v) is 19.0. The van der Waals surface area contributed by atoms with Gasteiger partial charge in [0.15, 0.2) is 11.5 Å². The second kappa shape index (κ2) is 10.5. The minimum Gasteiger partial charge on any atom is -0.493 e. The van der Waals surface area contributed by atoms with Crippen LogP contribution in [0.15, 0.2) is 30.3 Å². The van der Waals surface area contributed by atoms with Crippen LogP contribution >= 0.6 is 23.2 Å². The molecule has 0 radical (unpaired) electrons. The summed E-state index contributed by atoms with van der Waals surface area (Å²) in [5.74, 6) is 1.05. The normalized spacial score (nSPS) is 16.2. The number of aromatic nitrogens is 2. The number of fused-ring (bicyclic) bond motifs is 1. The SMILES string of the molecule is COc1cc2nc(Cl)nc(Nc3ccc(F)c(Cl)c3)c2cc1OCCCC1COCCN1. The van der Waals surface area contributed by atoms with Crippen LogP contribution in [0.25, 0.3) is 10.9 Å². The Morgan fingerprint density at radius 1 is 1.22 bits per heavy atom. The molecule has 1 aromatic heterocycles. The van der Waals surface area contributed by atoms with Crippen LogP contribution in [0.5, 0.6) is 11.5 Å². The van der Waals surface area contributed by atoms with Crippen LogP contribution in [0.4, 0.5) is 15.9 Å². The van der Waals surface area contributed by atoms with Crippen LogP contribution in [0, 0.1) is 5.82 Å². The zero-order chi connectivity index (χ0) is 22.5. The highest BCUT2D eigenvalue weighted by Gasteiger charge is 2.15. The number of halogens is 3. The molecule has 1 aliphatic heterocycles. The molecule has 0 saturated carbocycles. The van der Waals surface area contributed by atoms with Gasteiger partial charge in [0.05, 0.1) is 37.5 Å². The van der Waals surface area contributed by atoms with Gasteiger partial charge < -0.3 is 24.8 Å². The molecule has 1 fully saturated rings. The third-order valence-electron chi connectivity index (χ3n) is 5.09. The number of anilines is 2. The Balaban J connectivity index is 1.55. The molecule has 3 aromatic rings. The van der Waals surface area contributed by atoms with Crippen molar-refractivity contribution in [3.05, 3.63) is 46.5 Å². The molecule has 4 rings (SSSR count). The van der Waals surface area contributed by atoms with E-state index in [2.05, 4.69) is 20.6 Å². The van der Waals surface area contributed by atoms with Gasteiger partial charge in [-0.2, -0.15) is 4.98 Å². The maximum Gasteiger partial charge on any atom is 0.224 e. The molecule has 7 nitrogen and oxygen atoms in total. The predicted molar refractivity (Wildman–Crippen MR) is 123 cm³/mol. The number of hydrogen-bond donors (Lipinski definition) is 2. The summed E-state index contributed by atoms with van der Waals surface area (Å²) in [5.41, 5.74) is 1.14. The highest BCUT2D eigenvalue weighted by atomic mass is 35.5. The first-order valence-electron chi connectivity index (χ1n) is 10.2. The summed E-state index contributed by atoms with van der Waals surface area (Å²) >= 11 is 12.0. The predicted octanol–water partition coefficient (Wildman–Crippen LogP) is 4.98. The van der Waals surface area contributed by atoms with Gasteiger partial charge in [0, 0.05) is 29.7 Å². The van der Waals surface area contributed by atoms with Gasteiger partial charge in [0.25, 0.3) is 0 Å². The molecule has 0 spiro atoms. The number of rotatable bonds is 8. The second-order valence-corrected chi connectivity index (χ2v) is 8.08. The summed E-state index contributed by atoms with van der Waals surface area (Å²) in [5, 5.41) is 7.30. The van der Waals surface area contributed by atoms with E-state index in [4.69, 9.17) is 37.4 Å². The van der Waals surface area contributed by atoms with E-state index in [0.29, 0.717) is 46.6 Å². The van der Waals surface area contributed by atoms with E-state index in [1.54, 1.807) is 25.3 Å². The second-order valence-electron chi connectivity index (χ2n) is 7.33. The van der Waals surface area contributed by atoms with E-state index >= 15 is 0 Å². The Bertz CT molecular complexity index is 1100. The van der Waals surface area contributed by atoms with Gasteiger partial charge in [0.2, 0.25) is 5.28 Å². The number of nitrogens with zero attached hydrogens (tertiary/aromatic N) is 2. The fraction of sp³-hybridized carbons (Fsp3) is 0.364. The molecule has 2 heterocycles. The molecular weight excluding hydrogens is 458 g/mol. The topological polar surface area (TPSA) is 77.5 Å². The number of ether oxygens (including phenoxy) is 3. The molecule has 0 bridgehead atoms. The third-order valence-corrected chi connectivity index (χ3v) is 5.55. The average Bonchev–Trinajstić information content (AvgIpc) is 2.79. The van der Waals surface area contributed by atoms with Gasteiger partial charge in [-0.05, 0) is 48.7 Å². The zero-order valence-electron chi connectivity index (χ0n) is 17.5. The lowest BCUT2D eigenvalue weighted by atomic mass is 10.1. The van der Waals surface area contributed by atoms with Crippen LogP contribution in [0.1, 0.15) is 12.8 Å². The standard InChI is InChI=1S/C22H23Cl2FN4O3/c1-30-19-11-18-15(10-20(19)32-7-2-3-14-12-31-8-6-26-14)21(29-22(24)28-18)27-13-4-5-17(25)16(23)9-13/h4-5,9-11,14,26H,2-3,6-8,12H2,1H3,(H,27,28,29). The Morgan fingerprint density at radius 3 is 2.84 bits per heavy atom. The molecule has 1 unspecified atom stereocenters. The van der Waals surface area contributed by atoms with E-state index in [-0.39, 0.29) is 10.3 Å². The van der Waals surface area contributed by atoms with E-state index in [0.717, 1.165) is 32.6 Å². The summed E-state index contributed by atoms with van der Waals surface area (Å²) < 4.78 is 30.5. The monoisotopic (exact) mass is 480 g/mol. The Hall–Kier alpha value is -2.39. The molecular formula is C22H23Cl2FN4O3. The van der Waals surface area contributed by atoms with Gasteiger partial charge >= 0.3 is 0 Å². The average molecular weight is 481 g/mol. The lowest BCUT2D eigenvalue weighted by molar-refractivity contribution is 0.0721. The summed E-state index contributed by atoms with van der Waals surface area (Å²) in [6.07, 6.45) is 1.81. The maximum absolute atomic E-state index is 13.5. The minimum absolute atomic E-state index is 0.00278. The van der Waals surface area contributed by atoms with Crippen LogP contribution in [0.2, 0.25) is 10.3 Å². The van der Waals surface area contributed by atoms with Gasteiger partial charge in [-0.1, -0.05) is 11.6 Å². The molecule has 2 N–H and O–H groups in total. The van der Waals surface area contributed by atoms with Crippen molar-refractivity contribution in [2.45, 2.75) is 18.9 Å². The molecule has 0 amide bonds. The van der Waals surface area contributed by atoms with Gasteiger partial charge in [-0.3, -0.25) is 0 Å². The van der Waals surface area contributed by atoms with Crippen molar-refractivity contribution in [2.75, 3.05) is 38.8 Å². The number of methoxy groups -OCH3 is 1. The lowest BCUT2D eigenvalue weighted by Crippen LogP contribution is -2.41. The van der Waals surface area contributed by atoms with Gasteiger partial charge in [0.1, 0.15) is 11.6 Å². The summed E-state index contributed by atoms with van der Waals surface area (Å²) in [6, 6.07) is 8.21. The molecule has 2 aromatic carbocycles. The quantitative estimate of drug-likeness (QED) is 0.347. The van der Waals surface area contributed by atoms with Crippen LogP contribution < -0.4 is 20.1 Å². The number of nitrogens with one attached hydrogen (secondary N) is 2. The Kier molecular flexibility index (Phi) is 7.47. The van der Waals surface area contributed by atoms with E-state index in [9.17, 15) is 4.39 Å². The van der Waals surface area contributed by atoms with Crippen molar-refractivity contribution in [1.82, 2.24) is 15.3 Å². The summed E-state index contributed by atoms with van der Waals surface area (Å²) in [6.45, 7) is 2.88. The maximum atomic E-state index is 13.5. The molecule has 32 heavy (non-hydrogen) atoms. The Morgan fingerprint density at radius 2 is 2.09 bits per heavy atom. The smallest absolute Gasteiger partial charge is 0.224 e. The van der Waals surface area contributed by atoms with Crippen molar-refractivity contribution in [1.29, 1.82) is 0 Å². The molecule has 1 atom stereocenters. The van der Waals surface area contributed by atoms with Crippen LogP contribution in [0.3, 0.4) is 0 Å². The number of morpholine rings is 1. The van der Waals surface area contributed by atoms with E-state index < -0.39 is 5.82 Å². The fourth-order valence-corrected chi connectivity index (χ4v) is 3.86. The third kappa shape index (κ3) is 5.50. The fourth-order valence-electron chi connectivity index (χ4n) is 3.50. The molecule has 10 heteroatoms. The minimum atomic E-state index is -0.502. The molecule has 1 saturated heterocycles. The summed E-state index contributed by atoms with van der Waals surface area (Å²) in [4.78, 5) is 8.58. The van der Waals surface area contributed by atoms with Crippen molar-refractivity contribution in [3.63, 3.8) is 0 Å². The Labute approximate surface area is 195 Å². The van der Waals surface area contributed by atoms with E-state index in [1.165, 1.54) is 12.1 Å². The van der Waals surface area contributed by atoms with Gasteiger partial charge in [-0.25, -0.2) is 9.37 Å². The highest BCUT2D eigenvalue weighted by Crippen LogP contribution is 2.36. The number of benzene rings is 2. The number of hydrogen-bond acceptors (Lipinski definition) is 7. The summed E-state index contributed by atoms with van der Waals surface area (Å²) in [7, 11) is 1.57. The van der Waals surface area contributed by atoms with Crippen molar-refractivity contribution in [3.8, 4) is 11.5 Å². The molecule has 1 aliphatic rings. The van der Waals surface area contributed by atoms with Crippen LogP contribution in [-0.4, -0.2) is 49.5 Å². The first kappa shape index (κ1) is 22.8. The van der Waals surface area contributed by atoms with E-state index in [1.807, 2.05) is 0 Å². The largest absolute Gasteiger partial charge is 0.493 e. The first-order valence-corrected chi connectivity index (χ1v) is 11.0. The van der Waals surface area contributed by atoms with Crippen molar-refractivity contribution in [2.24, 2.45) is 0 Å². The van der Waals surface area contributed by atoms with Crippen molar-refractivity contribution < 1.29 is 18.6 Å². The van der Waals surface area contributed by atoms with Crippen molar-refractivity contribution >= 4 is 45.6 Å². The van der Waals surface area contributed by atoms with Gasteiger partial charge in [-0.15, -0.1) is 0 Å². The molecule has 0 aliphatic carbocycles. The first-order chi connectivity index (χ1) is 15.5. The molecule has 170 valence electrons. The highest BCUT2D eigenvalue weighted by molar-refractivity contribution is 6.31. The lowest BCUT2D eigenvalue weighted by Gasteiger charge is -2.23. The van der Waals surface area contributed by atoms with Crippen LogP contribution in [-0.2, 0) is 4.74 Å².